The fraction of sp³-hybridized carbons (Fsp3) is 0.714. The van der Waals surface area contributed by atoms with Gasteiger partial charge in [-0.1, -0.05) is 19.8 Å². The monoisotopic (exact) mass is 282 g/mol. The van der Waals surface area contributed by atoms with Crippen molar-refractivity contribution in [1.29, 1.82) is 0 Å². The van der Waals surface area contributed by atoms with Crippen molar-refractivity contribution in [2.24, 2.45) is 0 Å². The zero-order valence-electron chi connectivity index (χ0n) is 11.5. The minimum Gasteiger partial charge on any atom is -0.477 e. The Hall–Kier alpha value is -0.940. The van der Waals surface area contributed by atoms with Gasteiger partial charge in [0.2, 0.25) is 0 Å². The van der Waals surface area contributed by atoms with Gasteiger partial charge < -0.3 is 10.0 Å². The molecular formula is C14H22N2O2S. The lowest BCUT2D eigenvalue weighted by molar-refractivity contribution is 0.0701. The van der Waals surface area contributed by atoms with Gasteiger partial charge in [0, 0.05) is 13.0 Å². The minimum absolute atomic E-state index is 0.424. The largest absolute Gasteiger partial charge is 0.477 e. The molecule has 0 saturated carbocycles. The summed E-state index contributed by atoms with van der Waals surface area (Å²) in [5, 5.41) is 10.1. The zero-order chi connectivity index (χ0) is 13.7. The topological polar surface area (TPSA) is 53.4 Å². The molecule has 1 saturated heterocycles. The van der Waals surface area contributed by atoms with Crippen molar-refractivity contribution in [2.75, 3.05) is 19.6 Å². The van der Waals surface area contributed by atoms with Gasteiger partial charge >= 0.3 is 5.97 Å². The Kier molecular flexibility index (Phi) is 5.34. The van der Waals surface area contributed by atoms with Crippen LogP contribution in [0.5, 0.6) is 0 Å². The summed E-state index contributed by atoms with van der Waals surface area (Å²) in [5.41, 5.74) is 0.739. The van der Waals surface area contributed by atoms with Crippen LogP contribution in [0.1, 0.15) is 53.0 Å². The lowest BCUT2D eigenvalue weighted by atomic mass is 10.2. The highest BCUT2D eigenvalue weighted by molar-refractivity contribution is 7.13. The number of carboxylic acids is 1. The van der Waals surface area contributed by atoms with Crippen LogP contribution in [0, 0.1) is 0 Å². The maximum absolute atomic E-state index is 11.1. The second kappa shape index (κ2) is 7.01. The molecule has 1 aliphatic rings. The van der Waals surface area contributed by atoms with Gasteiger partial charge in [-0.2, -0.15) is 0 Å². The number of hydrogen-bond acceptors (Lipinski definition) is 4. The van der Waals surface area contributed by atoms with Crippen LogP contribution in [0.3, 0.4) is 0 Å². The van der Waals surface area contributed by atoms with E-state index in [4.69, 9.17) is 5.11 Å². The highest BCUT2D eigenvalue weighted by Gasteiger charge is 2.16. The summed E-state index contributed by atoms with van der Waals surface area (Å²) in [7, 11) is 0. The standard InChI is InChI=1S/C14H22N2O2S/c1-2-11-13(14(17)18)19-12(15-11)7-10-16-8-5-3-4-6-9-16/h2-10H2,1H3,(H,17,18). The molecule has 2 rings (SSSR count). The summed E-state index contributed by atoms with van der Waals surface area (Å²) in [4.78, 5) is 18.5. The van der Waals surface area contributed by atoms with E-state index in [1.54, 1.807) is 0 Å². The summed E-state index contributed by atoms with van der Waals surface area (Å²) >= 11 is 1.35. The maximum Gasteiger partial charge on any atom is 0.347 e. The Morgan fingerprint density at radius 3 is 2.53 bits per heavy atom. The molecule has 0 atom stereocenters. The van der Waals surface area contributed by atoms with Gasteiger partial charge in [-0.05, 0) is 32.4 Å². The van der Waals surface area contributed by atoms with Gasteiger partial charge in [-0.15, -0.1) is 11.3 Å². The van der Waals surface area contributed by atoms with Crippen molar-refractivity contribution in [3.05, 3.63) is 15.6 Å². The van der Waals surface area contributed by atoms with E-state index in [1.165, 1.54) is 50.1 Å². The first-order valence-electron chi connectivity index (χ1n) is 7.15. The third-order valence-corrected chi connectivity index (χ3v) is 4.76. The maximum atomic E-state index is 11.1. The summed E-state index contributed by atoms with van der Waals surface area (Å²) in [5.74, 6) is -0.838. The number of likely N-dealkylation sites (tertiary alicyclic amines) is 1. The van der Waals surface area contributed by atoms with E-state index in [2.05, 4.69) is 9.88 Å². The predicted octanol–water partition coefficient (Wildman–Crippen LogP) is 2.82. The van der Waals surface area contributed by atoms with E-state index in [0.717, 1.165) is 23.7 Å². The molecule has 1 N–H and O–H groups in total. The average molecular weight is 282 g/mol. The molecule has 19 heavy (non-hydrogen) atoms. The Morgan fingerprint density at radius 2 is 2.00 bits per heavy atom. The lowest BCUT2D eigenvalue weighted by Gasteiger charge is -2.18. The van der Waals surface area contributed by atoms with E-state index >= 15 is 0 Å². The van der Waals surface area contributed by atoms with Gasteiger partial charge in [0.25, 0.3) is 0 Å². The quantitative estimate of drug-likeness (QED) is 0.902. The average Bonchev–Trinajstić information content (AvgIpc) is 2.64. The van der Waals surface area contributed by atoms with Crippen molar-refractivity contribution in [2.45, 2.75) is 45.4 Å². The van der Waals surface area contributed by atoms with E-state index in [-0.39, 0.29) is 0 Å². The van der Waals surface area contributed by atoms with E-state index < -0.39 is 5.97 Å². The van der Waals surface area contributed by atoms with Gasteiger partial charge in [-0.25, -0.2) is 9.78 Å². The molecule has 1 aromatic heterocycles. The summed E-state index contributed by atoms with van der Waals surface area (Å²) < 4.78 is 0. The molecule has 0 amide bonds. The lowest BCUT2D eigenvalue weighted by Crippen LogP contribution is -2.26. The van der Waals surface area contributed by atoms with Crippen LogP contribution in [-0.2, 0) is 12.8 Å². The van der Waals surface area contributed by atoms with Crippen molar-refractivity contribution in [3.8, 4) is 0 Å². The molecule has 1 fully saturated rings. The molecule has 0 unspecified atom stereocenters. The predicted molar refractivity (Wildman–Crippen MR) is 77.1 cm³/mol. The first kappa shape index (κ1) is 14.5. The number of aryl methyl sites for hydroxylation is 1. The van der Waals surface area contributed by atoms with Crippen LogP contribution in [0.25, 0.3) is 0 Å². The fourth-order valence-corrected chi connectivity index (χ4v) is 3.51. The molecule has 4 nitrogen and oxygen atoms in total. The third-order valence-electron chi connectivity index (χ3n) is 3.61. The van der Waals surface area contributed by atoms with Gasteiger partial charge in [-0.3, -0.25) is 0 Å². The zero-order valence-corrected chi connectivity index (χ0v) is 12.3. The van der Waals surface area contributed by atoms with Crippen molar-refractivity contribution in [3.63, 3.8) is 0 Å². The highest BCUT2D eigenvalue weighted by atomic mass is 32.1. The molecule has 106 valence electrons. The van der Waals surface area contributed by atoms with Crippen molar-refractivity contribution in [1.82, 2.24) is 9.88 Å². The molecule has 0 radical (unpaired) electrons. The molecule has 1 aliphatic heterocycles. The van der Waals surface area contributed by atoms with Gasteiger partial charge in [0.05, 0.1) is 10.7 Å². The number of nitrogens with zero attached hydrogens (tertiary/aromatic N) is 2. The number of rotatable bonds is 5. The highest BCUT2D eigenvalue weighted by Crippen LogP contribution is 2.20. The van der Waals surface area contributed by atoms with Crippen LogP contribution in [-0.4, -0.2) is 40.6 Å². The van der Waals surface area contributed by atoms with Crippen LogP contribution >= 0.6 is 11.3 Å². The van der Waals surface area contributed by atoms with Crippen LogP contribution < -0.4 is 0 Å². The Labute approximate surface area is 118 Å². The van der Waals surface area contributed by atoms with E-state index in [9.17, 15) is 4.79 Å². The number of thiazole rings is 1. The third kappa shape index (κ3) is 4.01. The molecule has 0 spiro atoms. The molecule has 2 heterocycles. The molecule has 0 aliphatic carbocycles. The Morgan fingerprint density at radius 1 is 1.32 bits per heavy atom. The second-order valence-electron chi connectivity index (χ2n) is 5.05. The SMILES string of the molecule is CCc1nc(CCN2CCCCCC2)sc1C(=O)O. The van der Waals surface area contributed by atoms with Crippen molar-refractivity contribution >= 4 is 17.3 Å². The van der Waals surface area contributed by atoms with E-state index in [1.807, 2.05) is 6.92 Å². The molecule has 0 aromatic carbocycles. The van der Waals surface area contributed by atoms with Gasteiger partial charge in [0.1, 0.15) is 4.88 Å². The van der Waals surface area contributed by atoms with Crippen LogP contribution in [0.2, 0.25) is 0 Å². The van der Waals surface area contributed by atoms with Crippen molar-refractivity contribution < 1.29 is 9.90 Å². The first-order valence-corrected chi connectivity index (χ1v) is 7.96. The molecular weight excluding hydrogens is 260 g/mol. The molecule has 5 heteroatoms. The summed E-state index contributed by atoms with van der Waals surface area (Å²) in [6.07, 6.45) is 6.84. The Bertz CT molecular complexity index is 423. The van der Waals surface area contributed by atoms with Crippen LogP contribution in [0.4, 0.5) is 0 Å². The number of aromatic nitrogens is 1. The summed E-state index contributed by atoms with van der Waals surface area (Å²) in [6, 6.07) is 0. The number of hydrogen-bond donors (Lipinski definition) is 1. The second-order valence-corrected chi connectivity index (χ2v) is 6.13. The fourth-order valence-electron chi connectivity index (χ4n) is 2.53. The minimum atomic E-state index is -0.838. The van der Waals surface area contributed by atoms with E-state index in [0.29, 0.717) is 11.3 Å². The Balaban J connectivity index is 1.93. The van der Waals surface area contributed by atoms with Gasteiger partial charge in [0.15, 0.2) is 0 Å². The first-order chi connectivity index (χ1) is 9.20. The smallest absolute Gasteiger partial charge is 0.347 e. The normalized spacial score (nSPS) is 17.3. The van der Waals surface area contributed by atoms with Crippen LogP contribution in [0.15, 0.2) is 0 Å². The summed E-state index contributed by atoms with van der Waals surface area (Å²) in [6.45, 7) is 5.32. The number of carboxylic acid groups (broad SMARTS) is 1. The molecule has 0 bridgehead atoms. The number of aromatic carboxylic acids is 1. The number of carbonyl (C=O) groups is 1. The molecule has 1 aromatic rings.